The topological polar surface area (TPSA) is 37.4 Å². The molecule has 2 heterocycles. The molecule has 0 spiro atoms. The van der Waals surface area contributed by atoms with E-state index in [0.717, 1.165) is 5.56 Å². The SMILES string of the molecule is CC1=CC(=O)N(c2cscc2C)C1=O. The molecular weight excluding hydrogens is 198 g/mol. The van der Waals surface area contributed by atoms with E-state index in [2.05, 4.69) is 0 Å². The zero-order valence-electron chi connectivity index (χ0n) is 7.90. The standard InChI is InChI=1S/C10H9NO2S/c1-6-3-9(12)11(10(6)13)8-5-14-4-7(8)2/h3-5H,1-2H3. The number of thiophene rings is 1. The van der Waals surface area contributed by atoms with Crippen molar-refractivity contribution >= 4 is 28.8 Å². The first kappa shape index (κ1) is 9.15. The molecule has 3 nitrogen and oxygen atoms in total. The van der Waals surface area contributed by atoms with Crippen LogP contribution in [0.25, 0.3) is 0 Å². The van der Waals surface area contributed by atoms with Crippen molar-refractivity contribution in [3.05, 3.63) is 28.0 Å². The van der Waals surface area contributed by atoms with Gasteiger partial charge in [-0.3, -0.25) is 9.59 Å². The molecule has 0 unspecified atom stereocenters. The highest BCUT2D eigenvalue weighted by molar-refractivity contribution is 7.08. The van der Waals surface area contributed by atoms with Crippen molar-refractivity contribution in [1.82, 2.24) is 0 Å². The number of carbonyl (C=O) groups is 2. The van der Waals surface area contributed by atoms with Gasteiger partial charge in [0, 0.05) is 17.0 Å². The first-order valence-corrected chi connectivity index (χ1v) is 5.15. The minimum absolute atomic E-state index is 0.212. The Morgan fingerprint density at radius 3 is 2.36 bits per heavy atom. The summed E-state index contributed by atoms with van der Waals surface area (Å²) in [4.78, 5) is 24.3. The van der Waals surface area contributed by atoms with Gasteiger partial charge in [-0.05, 0) is 24.8 Å². The summed E-state index contributed by atoms with van der Waals surface area (Å²) in [5.74, 6) is -0.453. The average molecular weight is 207 g/mol. The minimum atomic E-state index is -0.242. The molecule has 0 bridgehead atoms. The van der Waals surface area contributed by atoms with E-state index in [4.69, 9.17) is 0 Å². The molecule has 1 aliphatic rings. The number of carbonyl (C=O) groups excluding carboxylic acids is 2. The normalized spacial score (nSPS) is 16.4. The van der Waals surface area contributed by atoms with Crippen LogP contribution in [-0.4, -0.2) is 11.8 Å². The Labute approximate surface area is 85.6 Å². The quantitative estimate of drug-likeness (QED) is 0.659. The summed E-state index contributed by atoms with van der Waals surface area (Å²) < 4.78 is 0. The van der Waals surface area contributed by atoms with Crippen LogP contribution in [-0.2, 0) is 9.59 Å². The summed E-state index contributed by atoms with van der Waals surface area (Å²) in [6.45, 7) is 3.54. The molecule has 0 fully saturated rings. The Hall–Kier alpha value is -1.42. The highest BCUT2D eigenvalue weighted by Crippen LogP contribution is 2.28. The van der Waals surface area contributed by atoms with Crippen molar-refractivity contribution in [3.63, 3.8) is 0 Å². The van der Waals surface area contributed by atoms with Crippen molar-refractivity contribution in [2.45, 2.75) is 13.8 Å². The van der Waals surface area contributed by atoms with Crippen molar-refractivity contribution < 1.29 is 9.59 Å². The smallest absolute Gasteiger partial charge is 0.261 e. The van der Waals surface area contributed by atoms with Crippen LogP contribution in [0.3, 0.4) is 0 Å². The van der Waals surface area contributed by atoms with E-state index in [1.54, 1.807) is 6.92 Å². The number of rotatable bonds is 1. The minimum Gasteiger partial charge on any atom is -0.269 e. The fraction of sp³-hybridized carbons (Fsp3) is 0.200. The van der Waals surface area contributed by atoms with Gasteiger partial charge in [-0.2, -0.15) is 0 Å². The zero-order chi connectivity index (χ0) is 10.3. The van der Waals surface area contributed by atoms with Gasteiger partial charge >= 0.3 is 0 Å². The van der Waals surface area contributed by atoms with Crippen molar-refractivity contribution in [1.29, 1.82) is 0 Å². The van der Waals surface area contributed by atoms with E-state index in [0.29, 0.717) is 11.3 Å². The van der Waals surface area contributed by atoms with Gasteiger partial charge in [-0.25, -0.2) is 4.90 Å². The van der Waals surface area contributed by atoms with Gasteiger partial charge in [0.25, 0.3) is 11.8 Å². The van der Waals surface area contributed by atoms with Gasteiger partial charge in [-0.15, -0.1) is 11.3 Å². The van der Waals surface area contributed by atoms with E-state index in [1.807, 2.05) is 17.7 Å². The summed E-state index contributed by atoms with van der Waals surface area (Å²) in [5.41, 5.74) is 2.17. The van der Waals surface area contributed by atoms with Gasteiger partial charge < -0.3 is 0 Å². The van der Waals surface area contributed by atoms with Crippen molar-refractivity contribution in [3.8, 4) is 0 Å². The largest absolute Gasteiger partial charge is 0.269 e. The van der Waals surface area contributed by atoms with Gasteiger partial charge in [0.2, 0.25) is 0 Å². The molecule has 4 heteroatoms. The molecule has 0 aromatic carbocycles. The van der Waals surface area contributed by atoms with E-state index >= 15 is 0 Å². The van der Waals surface area contributed by atoms with Gasteiger partial charge in [0.15, 0.2) is 0 Å². The Bertz CT molecular complexity index is 445. The molecule has 0 aliphatic carbocycles. The molecule has 14 heavy (non-hydrogen) atoms. The monoisotopic (exact) mass is 207 g/mol. The molecule has 1 aromatic heterocycles. The fourth-order valence-corrected chi connectivity index (χ4v) is 2.21. The van der Waals surface area contributed by atoms with Crippen molar-refractivity contribution in [2.24, 2.45) is 0 Å². The second-order valence-corrected chi connectivity index (χ2v) is 3.99. The molecule has 2 rings (SSSR count). The van der Waals surface area contributed by atoms with Crippen LogP contribution in [0.2, 0.25) is 0 Å². The summed E-state index contributed by atoms with van der Waals surface area (Å²) in [6, 6.07) is 0. The van der Waals surface area contributed by atoms with Crippen LogP contribution in [0.1, 0.15) is 12.5 Å². The third-order valence-electron chi connectivity index (χ3n) is 2.17. The lowest BCUT2D eigenvalue weighted by atomic mass is 10.3. The second kappa shape index (κ2) is 3.06. The predicted octanol–water partition coefficient (Wildman–Crippen LogP) is 1.88. The summed E-state index contributed by atoms with van der Waals surface area (Å²) in [5, 5.41) is 3.74. The molecular formula is C10H9NO2S. The van der Waals surface area contributed by atoms with Crippen LogP contribution in [0.5, 0.6) is 0 Å². The first-order chi connectivity index (χ1) is 6.61. The summed E-state index contributed by atoms with van der Waals surface area (Å²) in [6.07, 6.45) is 1.37. The van der Waals surface area contributed by atoms with Crippen LogP contribution >= 0.6 is 11.3 Å². The molecule has 0 N–H and O–H groups in total. The molecule has 2 amide bonds. The highest BCUT2D eigenvalue weighted by Gasteiger charge is 2.30. The lowest BCUT2D eigenvalue weighted by Crippen LogP contribution is -2.30. The second-order valence-electron chi connectivity index (χ2n) is 3.25. The molecule has 0 saturated carbocycles. The van der Waals surface area contributed by atoms with Crippen LogP contribution < -0.4 is 4.90 Å². The summed E-state index contributed by atoms with van der Waals surface area (Å²) >= 11 is 1.49. The number of anilines is 1. The predicted molar refractivity (Wildman–Crippen MR) is 55.3 cm³/mol. The number of hydrogen-bond acceptors (Lipinski definition) is 3. The van der Waals surface area contributed by atoms with Gasteiger partial charge in [-0.1, -0.05) is 0 Å². The fourth-order valence-electron chi connectivity index (χ4n) is 1.40. The maximum atomic E-state index is 11.6. The highest BCUT2D eigenvalue weighted by atomic mass is 32.1. The lowest BCUT2D eigenvalue weighted by molar-refractivity contribution is -0.120. The molecule has 0 radical (unpaired) electrons. The molecule has 72 valence electrons. The number of imide groups is 1. The van der Waals surface area contributed by atoms with Gasteiger partial charge in [0.05, 0.1) is 5.69 Å². The Kier molecular flexibility index (Phi) is 2.00. The van der Waals surface area contributed by atoms with Crippen LogP contribution in [0.15, 0.2) is 22.4 Å². The van der Waals surface area contributed by atoms with Crippen LogP contribution in [0, 0.1) is 6.92 Å². The summed E-state index contributed by atoms with van der Waals surface area (Å²) in [7, 11) is 0. The molecule has 1 aromatic rings. The van der Waals surface area contributed by atoms with E-state index in [1.165, 1.54) is 22.3 Å². The lowest BCUT2D eigenvalue weighted by Gasteiger charge is -2.13. The van der Waals surface area contributed by atoms with Crippen LogP contribution in [0.4, 0.5) is 5.69 Å². The third kappa shape index (κ3) is 1.19. The van der Waals surface area contributed by atoms with E-state index in [9.17, 15) is 9.59 Å². The molecule has 0 saturated heterocycles. The Balaban J connectivity index is 2.44. The molecule has 1 aliphatic heterocycles. The zero-order valence-corrected chi connectivity index (χ0v) is 8.72. The third-order valence-corrected chi connectivity index (χ3v) is 3.02. The van der Waals surface area contributed by atoms with E-state index in [-0.39, 0.29) is 11.8 Å². The number of hydrogen-bond donors (Lipinski definition) is 0. The number of aryl methyl sites for hydroxylation is 1. The number of amides is 2. The molecule has 0 atom stereocenters. The first-order valence-electron chi connectivity index (χ1n) is 4.21. The number of nitrogens with zero attached hydrogens (tertiary/aromatic N) is 1. The Morgan fingerprint density at radius 2 is 1.93 bits per heavy atom. The maximum absolute atomic E-state index is 11.6. The van der Waals surface area contributed by atoms with Crippen molar-refractivity contribution in [2.75, 3.05) is 4.90 Å². The Morgan fingerprint density at radius 1 is 1.21 bits per heavy atom. The average Bonchev–Trinajstić information content (AvgIpc) is 2.60. The van der Waals surface area contributed by atoms with Gasteiger partial charge in [0.1, 0.15) is 0 Å². The maximum Gasteiger partial charge on any atom is 0.261 e. The van der Waals surface area contributed by atoms with E-state index < -0.39 is 0 Å².